The lowest BCUT2D eigenvalue weighted by atomic mass is 9.64. The number of nitrogens with zero attached hydrogens (tertiary/aromatic N) is 1. The monoisotopic (exact) mass is 501 g/mol. The summed E-state index contributed by atoms with van der Waals surface area (Å²) in [6.07, 6.45) is 2.02. The van der Waals surface area contributed by atoms with Gasteiger partial charge in [0.1, 0.15) is 11.5 Å². The molecule has 0 radical (unpaired) electrons. The van der Waals surface area contributed by atoms with Crippen LogP contribution in [0.25, 0.3) is 16.3 Å². The number of amides is 2. The molecule has 1 aliphatic carbocycles. The Morgan fingerprint density at radius 2 is 1.47 bits per heavy atom. The van der Waals surface area contributed by atoms with Gasteiger partial charge in [-0.15, -0.1) is 0 Å². The summed E-state index contributed by atoms with van der Waals surface area (Å²) in [7, 11) is 1.56. The predicted molar refractivity (Wildman–Crippen MR) is 143 cm³/mol. The Morgan fingerprint density at radius 1 is 0.763 bits per heavy atom. The van der Waals surface area contributed by atoms with Crippen LogP contribution < -0.4 is 14.4 Å². The maximum absolute atomic E-state index is 14.1. The van der Waals surface area contributed by atoms with Crippen molar-refractivity contribution >= 4 is 39.8 Å². The van der Waals surface area contributed by atoms with Crippen molar-refractivity contribution in [2.24, 2.45) is 17.8 Å². The maximum Gasteiger partial charge on any atom is 0.319 e. The number of hydrogen-bond acceptors (Lipinski definition) is 5. The van der Waals surface area contributed by atoms with Gasteiger partial charge in [-0.3, -0.25) is 14.4 Å². The molecular weight excluding hydrogens is 478 g/mol. The van der Waals surface area contributed by atoms with Crippen LogP contribution in [-0.2, 0) is 14.4 Å². The highest BCUT2D eigenvalue weighted by Gasteiger charge is 2.60. The molecule has 2 amide bonds. The molecule has 2 heterocycles. The number of carbonyl (C=O) groups is 3. The lowest BCUT2D eigenvalue weighted by Gasteiger charge is -2.38. The zero-order valence-corrected chi connectivity index (χ0v) is 20.5. The molecule has 0 spiro atoms. The van der Waals surface area contributed by atoms with E-state index in [0.717, 1.165) is 27.5 Å². The molecule has 3 aliphatic rings. The largest absolute Gasteiger partial charge is 0.497 e. The molecule has 2 aliphatic heterocycles. The highest BCUT2D eigenvalue weighted by atomic mass is 16.5. The van der Waals surface area contributed by atoms with Crippen molar-refractivity contribution < 1.29 is 23.9 Å². The van der Waals surface area contributed by atoms with Gasteiger partial charge in [0.25, 0.3) is 0 Å². The Balaban J connectivity index is 1.45. The fraction of sp³-hybridized carbons (Fsp3) is 0.156. The molecule has 186 valence electrons. The van der Waals surface area contributed by atoms with Crippen molar-refractivity contribution in [2.75, 3.05) is 12.0 Å². The van der Waals surface area contributed by atoms with E-state index in [0.29, 0.717) is 17.2 Å². The van der Waals surface area contributed by atoms with Crippen molar-refractivity contribution in [3.8, 4) is 11.5 Å². The molecule has 7 rings (SSSR count). The van der Waals surface area contributed by atoms with Crippen LogP contribution in [0.2, 0.25) is 0 Å². The molecule has 0 bridgehead atoms. The number of allylic oxidation sites excluding steroid dienone is 1. The summed E-state index contributed by atoms with van der Waals surface area (Å²) in [5, 5.41) is 1.96. The number of anilines is 1. The molecule has 1 saturated heterocycles. The zero-order chi connectivity index (χ0) is 26.0. The Morgan fingerprint density at radius 3 is 2.24 bits per heavy atom. The van der Waals surface area contributed by atoms with Crippen LogP contribution in [0, 0.1) is 17.8 Å². The molecular formula is C32H23NO5. The van der Waals surface area contributed by atoms with E-state index in [1.54, 1.807) is 31.4 Å². The Labute approximate surface area is 219 Å². The summed E-state index contributed by atoms with van der Waals surface area (Å²) in [4.78, 5) is 42.9. The van der Waals surface area contributed by atoms with Crippen molar-refractivity contribution in [1.29, 1.82) is 0 Å². The highest BCUT2D eigenvalue weighted by Crippen LogP contribution is 2.55. The number of rotatable bonds is 3. The first-order chi connectivity index (χ1) is 18.6. The standard InChI is InChI=1S/C32H23NO5/c1-37-21-14-12-20(13-15-21)33-30(34)27-23(18-7-3-2-4-8-18)17-24-26-22-10-6-5-9-19(22)11-16-25(26)38-32(36)28(24)29(27)31(33)35/h2-17,23,27-29H,1H3/t23-,27+,28+,29-/m0/s1. The third-order valence-corrected chi connectivity index (χ3v) is 8.00. The van der Waals surface area contributed by atoms with Crippen LogP contribution in [0.1, 0.15) is 17.0 Å². The van der Waals surface area contributed by atoms with Crippen molar-refractivity contribution in [2.45, 2.75) is 5.92 Å². The lowest BCUT2D eigenvalue weighted by molar-refractivity contribution is -0.142. The predicted octanol–water partition coefficient (Wildman–Crippen LogP) is 5.37. The summed E-state index contributed by atoms with van der Waals surface area (Å²) < 4.78 is 11.1. The average Bonchev–Trinajstić information content (AvgIpc) is 3.22. The van der Waals surface area contributed by atoms with Gasteiger partial charge >= 0.3 is 5.97 Å². The normalized spacial score (nSPS) is 23.9. The minimum Gasteiger partial charge on any atom is -0.497 e. The van der Waals surface area contributed by atoms with Gasteiger partial charge in [-0.2, -0.15) is 0 Å². The number of methoxy groups -OCH3 is 1. The van der Waals surface area contributed by atoms with E-state index in [2.05, 4.69) is 0 Å². The molecule has 4 atom stereocenters. The van der Waals surface area contributed by atoms with Crippen molar-refractivity contribution in [3.63, 3.8) is 0 Å². The second kappa shape index (κ2) is 8.42. The summed E-state index contributed by atoms with van der Waals surface area (Å²) in [6.45, 7) is 0. The maximum atomic E-state index is 14.1. The Kier molecular flexibility index (Phi) is 4.98. The molecule has 4 aromatic rings. The smallest absolute Gasteiger partial charge is 0.319 e. The number of ether oxygens (including phenoxy) is 2. The number of carbonyl (C=O) groups excluding carboxylic acids is 3. The van der Waals surface area contributed by atoms with E-state index < -0.39 is 23.7 Å². The van der Waals surface area contributed by atoms with Gasteiger partial charge in [0, 0.05) is 11.5 Å². The van der Waals surface area contributed by atoms with Crippen LogP contribution >= 0.6 is 0 Å². The average molecular weight is 502 g/mol. The van der Waals surface area contributed by atoms with Crippen LogP contribution in [0.3, 0.4) is 0 Å². The SMILES string of the molecule is COc1ccc(N2C(=O)[C@@H]3[C@@H]4C(=O)Oc5ccc6ccccc6c5C4=C[C@@H](c4ccccc4)[C@H]3C2=O)cc1. The van der Waals surface area contributed by atoms with Crippen LogP contribution in [-0.4, -0.2) is 24.9 Å². The number of fused-ring (bicyclic) bond motifs is 7. The molecule has 1 fully saturated rings. The first-order valence-electron chi connectivity index (χ1n) is 12.6. The van der Waals surface area contributed by atoms with Gasteiger partial charge in [0.15, 0.2) is 0 Å². The molecule has 0 aromatic heterocycles. The van der Waals surface area contributed by atoms with E-state index in [9.17, 15) is 14.4 Å². The van der Waals surface area contributed by atoms with Crippen LogP contribution in [0.5, 0.6) is 11.5 Å². The van der Waals surface area contributed by atoms with E-state index >= 15 is 0 Å². The third-order valence-electron chi connectivity index (χ3n) is 8.00. The first-order valence-corrected chi connectivity index (χ1v) is 12.6. The van der Waals surface area contributed by atoms with Crippen LogP contribution in [0.4, 0.5) is 5.69 Å². The van der Waals surface area contributed by atoms with Gasteiger partial charge in [0.2, 0.25) is 11.8 Å². The van der Waals surface area contributed by atoms with Crippen molar-refractivity contribution in [1.82, 2.24) is 0 Å². The van der Waals surface area contributed by atoms with Crippen molar-refractivity contribution in [3.05, 3.63) is 108 Å². The molecule has 6 heteroatoms. The van der Waals surface area contributed by atoms with E-state index in [4.69, 9.17) is 9.47 Å². The quantitative estimate of drug-likeness (QED) is 0.214. The first kappa shape index (κ1) is 22.5. The molecule has 38 heavy (non-hydrogen) atoms. The topological polar surface area (TPSA) is 72.9 Å². The second-order valence-electron chi connectivity index (χ2n) is 9.88. The minimum absolute atomic E-state index is 0.314. The third kappa shape index (κ3) is 3.16. The summed E-state index contributed by atoms with van der Waals surface area (Å²) in [5.74, 6) is -2.98. The molecule has 6 nitrogen and oxygen atoms in total. The fourth-order valence-corrected chi connectivity index (χ4v) is 6.32. The zero-order valence-electron chi connectivity index (χ0n) is 20.5. The summed E-state index contributed by atoms with van der Waals surface area (Å²) >= 11 is 0. The summed E-state index contributed by atoms with van der Waals surface area (Å²) in [6, 6.07) is 28.2. The van der Waals surface area contributed by atoms with E-state index in [1.807, 2.05) is 72.8 Å². The van der Waals surface area contributed by atoms with Crippen LogP contribution in [0.15, 0.2) is 97.1 Å². The molecule has 0 N–H and O–H groups in total. The fourth-order valence-electron chi connectivity index (χ4n) is 6.32. The van der Waals surface area contributed by atoms with E-state index in [1.165, 1.54) is 4.90 Å². The van der Waals surface area contributed by atoms with Gasteiger partial charge in [0.05, 0.1) is 30.6 Å². The molecule has 0 unspecified atom stereocenters. The number of hydrogen-bond donors (Lipinski definition) is 0. The van der Waals surface area contributed by atoms with Gasteiger partial charge in [-0.1, -0.05) is 66.7 Å². The number of imide groups is 1. The molecule has 4 aromatic carbocycles. The van der Waals surface area contributed by atoms with E-state index in [-0.39, 0.29) is 17.7 Å². The number of benzene rings is 4. The number of esters is 1. The minimum atomic E-state index is -0.880. The lowest BCUT2D eigenvalue weighted by Crippen LogP contribution is -2.42. The Hall–Kier alpha value is -4.71. The van der Waals surface area contributed by atoms with Gasteiger partial charge in [-0.25, -0.2) is 4.90 Å². The van der Waals surface area contributed by atoms with Gasteiger partial charge < -0.3 is 9.47 Å². The second-order valence-corrected chi connectivity index (χ2v) is 9.88. The summed E-state index contributed by atoms with van der Waals surface area (Å²) in [5.41, 5.74) is 2.95. The van der Waals surface area contributed by atoms with Gasteiger partial charge in [-0.05, 0) is 52.2 Å². The highest BCUT2D eigenvalue weighted by molar-refractivity contribution is 6.25. The Bertz CT molecular complexity index is 1660. The molecule has 0 saturated carbocycles.